The Morgan fingerprint density at radius 1 is 1.43 bits per heavy atom. The first-order valence-electron chi connectivity index (χ1n) is 4.88. The van der Waals surface area contributed by atoms with E-state index >= 15 is 0 Å². The average Bonchev–Trinajstić information content (AvgIpc) is 2.68. The van der Waals surface area contributed by atoms with Gasteiger partial charge in [-0.05, 0) is 6.54 Å². The Kier molecular flexibility index (Phi) is 3.00. The Bertz CT molecular complexity index is 281. The molecule has 2 N–H and O–H groups in total. The van der Waals surface area contributed by atoms with E-state index in [1.165, 1.54) is 0 Å². The first kappa shape index (κ1) is 9.48. The highest BCUT2D eigenvalue weighted by molar-refractivity contribution is 5.36. The number of nitrogens with zero attached hydrogens (tertiary/aromatic N) is 2. The van der Waals surface area contributed by atoms with Crippen molar-refractivity contribution in [3.05, 3.63) is 11.8 Å². The molecule has 78 valence electrons. The molecule has 0 bridgehead atoms. The van der Waals surface area contributed by atoms with Gasteiger partial charge in [0.1, 0.15) is 0 Å². The van der Waals surface area contributed by atoms with Gasteiger partial charge in [-0.25, -0.2) is 0 Å². The standard InChI is InChI=1S/C9H15N3O2/c10-2-1-8-7-9(14-11-8)12-3-5-13-6-4-12/h7H,1-6,10H2. The monoisotopic (exact) mass is 197 g/mol. The molecule has 1 saturated heterocycles. The van der Waals surface area contributed by atoms with Crippen molar-refractivity contribution in [2.45, 2.75) is 6.42 Å². The van der Waals surface area contributed by atoms with Gasteiger partial charge in [-0.3, -0.25) is 0 Å². The topological polar surface area (TPSA) is 64.5 Å². The van der Waals surface area contributed by atoms with Gasteiger partial charge in [-0.1, -0.05) is 5.16 Å². The molecule has 2 rings (SSSR count). The second-order valence-electron chi connectivity index (χ2n) is 3.29. The molecule has 1 fully saturated rings. The third-order valence-electron chi connectivity index (χ3n) is 2.27. The number of aromatic nitrogens is 1. The van der Waals surface area contributed by atoms with Crippen LogP contribution in [-0.4, -0.2) is 38.0 Å². The van der Waals surface area contributed by atoms with Crippen LogP contribution in [0.15, 0.2) is 10.6 Å². The number of nitrogens with two attached hydrogens (primary N) is 1. The van der Waals surface area contributed by atoms with Gasteiger partial charge in [-0.2, -0.15) is 0 Å². The van der Waals surface area contributed by atoms with Gasteiger partial charge in [0.15, 0.2) is 0 Å². The third kappa shape index (κ3) is 2.05. The highest BCUT2D eigenvalue weighted by Gasteiger charge is 2.15. The predicted molar refractivity (Wildman–Crippen MR) is 52.3 cm³/mol. The van der Waals surface area contributed by atoms with Gasteiger partial charge in [0.25, 0.3) is 0 Å². The van der Waals surface area contributed by atoms with E-state index in [4.69, 9.17) is 15.0 Å². The van der Waals surface area contributed by atoms with Crippen LogP contribution in [0, 0.1) is 0 Å². The molecule has 0 amide bonds. The molecule has 14 heavy (non-hydrogen) atoms. The molecule has 2 heterocycles. The van der Waals surface area contributed by atoms with Crippen LogP contribution in [0.4, 0.5) is 5.88 Å². The second kappa shape index (κ2) is 4.43. The van der Waals surface area contributed by atoms with E-state index in [1.807, 2.05) is 6.07 Å². The molecular formula is C9H15N3O2. The van der Waals surface area contributed by atoms with Gasteiger partial charge in [0, 0.05) is 25.6 Å². The molecule has 5 heteroatoms. The lowest BCUT2D eigenvalue weighted by Gasteiger charge is -2.25. The van der Waals surface area contributed by atoms with Gasteiger partial charge in [0.05, 0.1) is 18.9 Å². The van der Waals surface area contributed by atoms with Crippen molar-refractivity contribution in [2.75, 3.05) is 37.7 Å². The maximum atomic E-state index is 5.43. The minimum absolute atomic E-state index is 0.606. The van der Waals surface area contributed by atoms with Crippen molar-refractivity contribution in [1.29, 1.82) is 0 Å². The largest absolute Gasteiger partial charge is 0.378 e. The van der Waals surface area contributed by atoms with E-state index < -0.39 is 0 Å². The minimum Gasteiger partial charge on any atom is -0.378 e. The van der Waals surface area contributed by atoms with Gasteiger partial charge >= 0.3 is 0 Å². The summed E-state index contributed by atoms with van der Waals surface area (Å²) in [5.41, 5.74) is 6.36. The zero-order valence-electron chi connectivity index (χ0n) is 8.11. The summed E-state index contributed by atoms with van der Waals surface area (Å²) in [6, 6.07) is 1.96. The van der Waals surface area contributed by atoms with Crippen LogP contribution in [0.1, 0.15) is 5.69 Å². The van der Waals surface area contributed by atoms with Crippen LogP contribution < -0.4 is 10.6 Å². The summed E-state index contributed by atoms with van der Waals surface area (Å²) in [6.45, 7) is 3.86. The first-order chi connectivity index (χ1) is 6.90. The Balaban J connectivity index is 2.00. The number of anilines is 1. The quantitative estimate of drug-likeness (QED) is 0.739. The fourth-order valence-corrected chi connectivity index (χ4v) is 1.50. The second-order valence-corrected chi connectivity index (χ2v) is 3.29. The summed E-state index contributed by atoms with van der Waals surface area (Å²) < 4.78 is 10.5. The molecule has 0 aliphatic carbocycles. The van der Waals surface area contributed by atoms with Crippen molar-refractivity contribution in [3.63, 3.8) is 0 Å². The number of ether oxygens (including phenoxy) is 1. The summed E-state index contributed by atoms with van der Waals surface area (Å²) in [4.78, 5) is 2.14. The Hall–Kier alpha value is -1.07. The first-order valence-corrected chi connectivity index (χ1v) is 4.88. The SMILES string of the molecule is NCCc1cc(N2CCOCC2)on1. The normalized spacial score (nSPS) is 17.4. The molecule has 1 aromatic rings. The number of rotatable bonds is 3. The molecule has 0 radical (unpaired) electrons. The predicted octanol–water partition coefficient (Wildman–Crippen LogP) is 0.0124. The molecule has 0 spiro atoms. The highest BCUT2D eigenvalue weighted by atomic mass is 16.5. The van der Waals surface area contributed by atoms with Gasteiger partial charge in [-0.15, -0.1) is 0 Å². The van der Waals surface area contributed by atoms with Crippen LogP contribution >= 0.6 is 0 Å². The lowest BCUT2D eigenvalue weighted by Crippen LogP contribution is -2.35. The molecule has 0 saturated carbocycles. The van der Waals surface area contributed by atoms with Crippen molar-refractivity contribution in [1.82, 2.24) is 5.16 Å². The molecular weight excluding hydrogens is 182 g/mol. The molecule has 1 aliphatic rings. The van der Waals surface area contributed by atoms with Crippen LogP contribution in [0.2, 0.25) is 0 Å². The fourth-order valence-electron chi connectivity index (χ4n) is 1.50. The lowest BCUT2D eigenvalue weighted by molar-refractivity contribution is 0.120. The summed E-state index contributed by atoms with van der Waals surface area (Å²) in [5, 5.41) is 3.94. The summed E-state index contributed by atoms with van der Waals surface area (Å²) >= 11 is 0. The van der Waals surface area contributed by atoms with Crippen molar-refractivity contribution in [3.8, 4) is 0 Å². The van der Waals surface area contributed by atoms with E-state index in [0.29, 0.717) is 6.54 Å². The van der Waals surface area contributed by atoms with Gasteiger partial charge < -0.3 is 19.9 Å². The number of morpholine rings is 1. The summed E-state index contributed by atoms with van der Waals surface area (Å²) in [7, 11) is 0. The van der Waals surface area contributed by atoms with Crippen LogP contribution in [0.3, 0.4) is 0 Å². The minimum atomic E-state index is 0.606. The van der Waals surface area contributed by atoms with Crippen molar-refractivity contribution in [2.24, 2.45) is 5.73 Å². The lowest BCUT2D eigenvalue weighted by atomic mass is 10.3. The molecule has 1 aromatic heterocycles. The molecule has 0 atom stereocenters. The Morgan fingerprint density at radius 2 is 2.21 bits per heavy atom. The number of hydrogen-bond donors (Lipinski definition) is 1. The maximum absolute atomic E-state index is 5.43. The van der Waals surface area contributed by atoms with E-state index in [9.17, 15) is 0 Å². The van der Waals surface area contributed by atoms with Crippen LogP contribution in [-0.2, 0) is 11.2 Å². The van der Waals surface area contributed by atoms with Gasteiger partial charge in [0.2, 0.25) is 5.88 Å². The van der Waals surface area contributed by atoms with Crippen molar-refractivity contribution < 1.29 is 9.26 Å². The van der Waals surface area contributed by atoms with Crippen molar-refractivity contribution >= 4 is 5.88 Å². The molecule has 0 unspecified atom stereocenters. The maximum Gasteiger partial charge on any atom is 0.227 e. The fraction of sp³-hybridized carbons (Fsp3) is 0.667. The Morgan fingerprint density at radius 3 is 2.93 bits per heavy atom. The number of hydrogen-bond acceptors (Lipinski definition) is 5. The van der Waals surface area contributed by atoms with E-state index in [-0.39, 0.29) is 0 Å². The molecule has 5 nitrogen and oxygen atoms in total. The van der Waals surface area contributed by atoms with Crippen LogP contribution in [0.25, 0.3) is 0 Å². The summed E-state index contributed by atoms with van der Waals surface area (Å²) in [6.07, 6.45) is 0.772. The smallest absolute Gasteiger partial charge is 0.227 e. The highest BCUT2D eigenvalue weighted by Crippen LogP contribution is 2.16. The average molecular weight is 197 g/mol. The van der Waals surface area contributed by atoms with E-state index in [1.54, 1.807) is 0 Å². The zero-order chi connectivity index (χ0) is 9.80. The van der Waals surface area contributed by atoms with E-state index in [0.717, 1.165) is 44.3 Å². The molecule has 1 aliphatic heterocycles. The molecule has 0 aromatic carbocycles. The third-order valence-corrected chi connectivity index (χ3v) is 2.27. The summed E-state index contributed by atoms with van der Waals surface area (Å²) in [5.74, 6) is 0.830. The van der Waals surface area contributed by atoms with Crippen LogP contribution in [0.5, 0.6) is 0 Å². The Labute approximate surface area is 82.8 Å². The van der Waals surface area contributed by atoms with E-state index in [2.05, 4.69) is 10.1 Å². The zero-order valence-corrected chi connectivity index (χ0v) is 8.11.